The zero-order valence-corrected chi connectivity index (χ0v) is 7.87. The average Bonchev–Trinajstić information content (AvgIpc) is 1.82. The predicted molar refractivity (Wildman–Crippen MR) is 39.2 cm³/mol. The molecule has 0 aromatic rings. The second-order valence-corrected chi connectivity index (χ2v) is 4.78. The van der Waals surface area contributed by atoms with E-state index in [1.165, 1.54) is 18.7 Å². The van der Waals surface area contributed by atoms with E-state index in [-0.39, 0.29) is 0 Å². The molecule has 1 N–H and O–H groups in total. The highest BCUT2D eigenvalue weighted by molar-refractivity contribution is 7.89. The summed E-state index contributed by atoms with van der Waals surface area (Å²) in [4.78, 5) is 5.13. The van der Waals surface area contributed by atoms with Gasteiger partial charge in [0.1, 0.15) is 0 Å². The second kappa shape index (κ2) is 4.25. The molecule has 0 bridgehead atoms. The van der Waals surface area contributed by atoms with Crippen LogP contribution in [0.5, 0.6) is 0 Å². The highest BCUT2D eigenvalue weighted by Crippen LogP contribution is 2.13. The van der Waals surface area contributed by atoms with Crippen molar-refractivity contribution in [3.8, 4) is 0 Å². The standard InChI is InChI=1S/C5H10F3NO3S/c1-4(2)13(10,11)9-12-3-5(6,7)8/h4,9H,3H2,1-2H3. The Hall–Kier alpha value is -0.340. The average molecular weight is 221 g/mol. The Morgan fingerprint density at radius 2 is 1.85 bits per heavy atom. The number of nitrogens with one attached hydrogen (secondary N) is 1. The van der Waals surface area contributed by atoms with E-state index in [2.05, 4.69) is 4.84 Å². The van der Waals surface area contributed by atoms with Crippen molar-refractivity contribution in [1.82, 2.24) is 4.89 Å². The van der Waals surface area contributed by atoms with E-state index in [9.17, 15) is 21.6 Å². The highest BCUT2D eigenvalue weighted by atomic mass is 32.2. The molecule has 0 aromatic heterocycles. The van der Waals surface area contributed by atoms with Crippen LogP contribution in [0.3, 0.4) is 0 Å². The van der Waals surface area contributed by atoms with Crippen molar-refractivity contribution in [2.45, 2.75) is 25.3 Å². The first kappa shape index (κ1) is 12.7. The van der Waals surface area contributed by atoms with Crippen LogP contribution in [0, 0.1) is 0 Å². The predicted octanol–water partition coefficient (Wildman–Crippen LogP) is 0.808. The third-order valence-corrected chi connectivity index (χ3v) is 2.62. The van der Waals surface area contributed by atoms with Crippen LogP contribution in [0.25, 0.3) is 0 Å². The van der Waals surface area contributed by atoms with Crippen LogP contribution in [0.15, 0.2) is 0 Å². The molecule has 0 saturated heterocycles. The van der Waals surface area contributed by atoms with E-state index in [4.69, 9.17) is 0 Å². The Bertz CT molecular complexity index is 246. The van der Waals surface area contributed by atoms with Crippen LogP contribution in [0.4, 0.5) is 13.2 Å². The van der Waals surface area contributed by atoms with Gasteiger partial charge in [-0.05, 0) is 13.8 Å². The lowest BCUT2D eigenvalue weighted by atomic mass is 10.6. The number of rotatable bonds is 4. The van der Waals surface area contributed by atoms with Gasteiger partial charge in [0.15, 0.2) is 6.61 Å². The molecule has 0 saturated carbocycles. The lowest BCUT2D eigenvalue weighted by molar-refractivity contribution is -0.181. The molecule has 0 radical (unpaired) electrons. The fourth-order valence-corrected chi connectivity index (χ4v) is 0.705. The van der Waals surface area contributed by atoms with Crippen LogP contribution in [-0.2, 0) is 14.9 Å². The normalized spacial score (nSPS) is 13.7. The van der Waals surface area contributed by atoms with E-state index >= 15 is 0 Å². The summed E-state index contributed by atoms with van der Waals surface area (Å²) in [7, 11) is -3.79. The summed E-state index contributed by atoms with van der Waals surface area (Å²) in [5.41, 5.74) is 0. The van der Waals surface area contributed by atoms with Crippen LogP contribution >= 0.6 is 0 Å². The molecule has 80 valence electrons. The van der Waals surface area contributed by atoms with Gasteiger partial charge in [0.25, 0.3) is 0 Å². The molecule has 13 heavy (non-hydrogen) atoms. The van der Waals surface area contributed by atoms with Gasteiger partial charge in [-0.15, -0.1) is 0 Å². The van der Waals surface area contributed by atoms with Crippen molar-refractivity contribution in [3.63, 3.8) is 0 Å². The van der Waals surface area contributed by atoms with E-state index in [1.807, 2.05) is 0 Å². The molecule has 0 fully saturated rings. The van der Waals surface area contributed by atoms with Crippen molar-refractivity contribution >= 4 is 10.0 Å². The molecule has 0 rings (SSSR count). The molecule has 0 aliphatic heterocycles. The van der Waals surface area contributed by atoms with E-state index in [0.717, 1.165) is 0 Å². The maximum absolute atomic E-state index is 11.5. The first-order valence-corrected chi connectivity index (χ1v) is 4.89. The van der Waals surface area contributed by atoms with Crippen molar-refractivity contribution in [1.29, 1.82) is 0 Å². The van der Waals surface area contributed by atoms with Crippen molar-refractivity contribution in [2.24, 2.45) is 0 Å². The third-order valence-electron chi connectivity index (χ3n) is 1.03. The molecule has 8 heteroatoms. The zero-order valence-electron chi connectivity index (χ0n) is 7.05. The fourth-order valence-electron chi connectivity index (χ4n) is 0.290. The minimum Gasteiger partial charge on any atom is -0.278 e. The molecule has 0 spiro atoms. The first-order chi connectivity index (χ1) is 5.65. The summed E-state index contributed by atoms with van der Waals surface area (Å²) >= 11 is 0. The Balaban J connectivity index is 3.92. The minimum absolute atomic E-state index is 0.833. The van der Waals surface area contributed by atoms with E-state index in [0.29, 0.717) is 0 Å². The topological polar surface area (TPSA) is 55.4 Å². The largest absolute Gasteiger partial charge is 0.413 e. The zero-order chi connectivity index (χ0) is 10.7. The summed E-state index contributed by atoms with van der Waals surface area (Å²) in [5.74, 6) is 0. The molecule has 0 atom stereocenters. The summed E-state index contributed by atoms with van der Waals surface area (Å²) in [6.07, 6.45) is -4.54. The lowest BCUT2D eigenvalue weighted by Crippen LogP contribution is -2.34. The maximum atomic E-state index is 11.5. The molecule has 4 nitrogen and oxygen atoms in total. The summed E-state index contributed by atoms with van der Waals surface area (Å²) in [6.45, 7) is 0.998. The Kier molecular flexibility index (Phi) is 4.14. The number of halogens is 3. The van der Waals surface area contributed by atoms with Crippen LogP contribution < -0.4 is 4.89 Å². The van der Waals surface area contributed by atoms with E-state index in [1.54, 1.807) is 0 Å². The van der Waals surface area contributed by atoms with Gasteiger partial charge < -0.3 is 0 Å². The number of hydrogen-bond donors (Lipinski definition) is 1. The summed E-state index contributed by atoms with van der Waals surface area (Å²) in [6, 6.07) is 0. The van der Waals surface area contributed by atoms with E-state index < -0.39 is 28.1 Å². The van der Waals surface area contributed by atoms with Gasteiger partial charge in [0.05, 0.1) is 5.25 Å². The Morgan fingerprint density at radius 3 is 2.15 bits per heavy atom. The van der Waals surface area contributed by atoms with Crippen molar-refractivity contribution in [2.75, 3.05) is 6.61 Å². The molecule has 0 aliphatic rings. The lowest BCUT2D eigenvalue weighted by Gasteiger charge is -2.10. The van der Waals surface area contributed by atoms with Gasteiger partial charge in [-0.1, -0.05) is 4.89 Å². The molecule has 0 aliphatic carbocycles. The van der Waals surface area contributed by atoms with Gasteiger partial charge >= 0.3 is 6.18 Å². The molecule has 0 unspecified atom stereocenters. The molecule has 0 heterocycles. The first-order valence-electron chi connectivity index (χ1n) is 3.34. The number of sulfonamides is 1. The van der Waals surface area contributed by atoms with Crippen molar-refractivity contribution < 1.29 is 26.4 Å². The van der Waals surface area contributed by atoms with Gasteiger partial charge in [0, 0.05) is 0 Å². The Morgan fingerprint density at radius 1 is 1.38 bits per heavy atom. The quantitative estimate of drug-likeness (QED) is 0.714. The number of hydrogen-bond acceptors (Lipinski definition) is 3. The maximum Gasteiger partial charge on any atom is 0.413 e. The smallest absolute Gasteiger partial charge is 0.278 e. The van der Waals surface area contributed by atoms with Crippen LogP contribution in [-0.4, -0.2) is 26.5 Å². The van der Waals surface area contributed by atoms with Crippen LogP contribution in [0.1, 0.15) is 13.8 Å². The fraction of sp³-hybridized carbons (Fsp3) is 1.00. The molecular formula is C5H10F3NO3S. The summed E-state index contributed by atoms with van der Waals surface area (Å²) < 4.78 is 56.0. The van der Waals surface area contributed by atoms with Crippen molar-refractivity contribution in [3.05, 3.63) is 0 Å². The molecular weight excluding hydrogens is 211 g/mol. The van der Waals surface area contributed by atoms with Gasteiger partial charge in [0.2, 0.25) is 10.0 Å². The highest BCUT2D eigenvalue weighted by Gasteiger charge is 2.29. The number of alkyl halides is 3. The van der Waals surface area contributed by atoms with Gasteiger partial charge in [-0.25, -0.2) is 8.42 Å². The SMILES string of the molecule is CC(C)S(=O)(=O)NOCC(F)(F)F. The minimum atomic E-state index is -4.54. The van der Waals surface area contributed by atoms with Crippen LogP contribution in [0.2, 0.25) is 0 Å². The molecule has 0 amide bonds. The van der Waals surface area contributed by atoms with Gasteiger partial charge in [-0.2, -0.15) is 13.2 Å². The summed E-state index contributed by atoms with van der Waals surface area (Å²) in [5, 5.41) is -0.833. The monoisotopic (exact) mass is 221 g/mol. The Labute approximate surface area is 74.1 Å². The molecule has 0 aromatic carbocycles. The second-order valence-electron chi connectivity index (χ2n) is 2.58. The third kappa shape index (κ3) is 5.83. The van der Waals surface area contributed by atoms with Gasteiger partial charge in [-0.3, -0.25) is 4.84 Å².